The van der Waals surface area contributed by atoms with Crippen LogP contribution in [0, 0.1) is 5.92 Å². The summed E-state index contributed by atoms with van der Waals surface area (Å²) in [5.41, 5.74) is 7.69. The highest BCUT2D eigenvalue weighted by Crippen LogP contribution is 2.27. The lowest BCUT2D eigenvalue weighted by atomic mass is 9.86. The summed E-state index contributed by atoms with van der Waals surface area (Å²) in [7, 11) is 2.14. The Morgan fingerprint density at radius 3 is 2.35 bits per heavy atom. The van der Waals surface area contributed by atoms with Crippen LogP contribution in [-0.4, -0.2) is 29.6 Å². The van der Waals surface area contributed by atoms with Crippen LogP contribution in [0.1, 0.15) is 49.8 Å². The van der Waals surface area contributed by atoms with Gasteiger partial charge in [0, 0.05) is 19.1 Å². The van der Waals surface area contributed by atoms with Gasteiger partial charge in [0.15, 0.2) is 0 Å². The van der Waals surface area contributed by atoms with Crippen LogP contribution in [0.3, 0.4) is 0 Å². The van der Waals surface area contributed by atoms with Crippen molar-refractivity contribution in [1.29, 1.82) is 0 Å². The van der Waals surface area contributed by atoms with Gasteiger partial charge in [-0.1, -0.05) is 31.2 Å². The number of benzene rings is 1. The first-order valence-corrected chi connectivity index (χ1v) is 7.77. The molecule has 0 radical (unpaired) electrons. The predicted octanol–water partition coefficient (Wildman–Crippen LogP) is 2.69. The van der Waals surface area contributed by atoms with Crippen molar-refractivity contribution in [2.45, 2.75) is 51.3 Å². The third kappa shape index (κ3) is 4.05. The topological polar surface area (TPSA) is 49.5 Å². The largest absolute Gasteiger partial charge is 0.387 e. The highest BCUT2D eigenvalue weighted by molar-refractivity contribution is 5.24. The van der Waals surface area contributed by atoms with Crippen LogP contribution >= 0.6 is 0 Å². The van der Waals surface area contributed by atoms with Crippen molar-refractivity contribution < 1.29 is 5.11 Å². The van der Waals surface area contributed by atoms with E-state index in [9.17, 15) is 5.11 Å². The zero-order valence-corrected chi connectivity index (χ0v) is 12.8. The average molecular weight is 276 g/mol. The molecule has 1 aromatic carbocycles. The summed E-state index contributed by atoms with van der Waals surface area (Å²) >= 11 is 0. The fraction of sp³-hybridized carbons (Fsp3) is 0.647. The molecule has 3 nitrogen and oxygen atoms in total. The van der Waals surface area contributed by atoms with E-state index in [-0.39, 0.29) is 0 Å². The number of nitrogens with two attached hydrogens (primary N) is 1. The fourth-order valence-corrected chi connectivity index (χ4v) is 3.09. The molecule has 0 amide bonds. The van der Waals surface area contributed by atoms with E-state index in [1.165, 1.54) is 25.7 Å². The number of hydrogen-bond acceptors (Lipinski definition) is 3. The third-order valence-electron chi connectivity index (χ3n) is 4.67. The zero-order chi connectivity index (χ0) is 14.5. The van der Waals surface area contributed by atoms with E-state index in [4.69, 9.17) is 5.73 Å². The van der Waals surface area contributed by atoms with Crippen molar-refractivity contribution in [3.8, 4) is 0 Å². The number of aliphatic hydroxyl groups excluding tert-OH is 1. The van der Waals surface area contributed by atoms with E-state index >= 15 is 0 Å². The Morgan fingerprint density at radius 2 is 1.80 bits per heavy atom. The Balaban J connectivity index is 1.87. The highest BCUT2D eigenvalue weighted by atomic mass is 16.3. The lowest BCUT2D eigenvalue weighted by Gasteiger charge is -2.34. The van der Waals surface area contributed by atoms with Crippen LogP contribution in [0.5, 0.6) is 0 Å². The van der Waals surface area contributed by atoms with E-state index < -0.39 is 6.10 Å². The summed E-state index contributed by atoms with van der Waals surface area (Å²) in [6.45, 7) is 3.60. The summed E-state index contributed by atoms with van der Waals surface area (Å²) in [4.78, 5) is 2.33. The van der Waals surface area contributed by atoms with Crippen LogP contribution in [0.25, 0.3) is 0 Å². The van der Waals surface area contributed by atoms with Crippen LogP contribution in [-0.2, 0) is 6.54 Å². The summed E-state index contributed by atoms with van der Waals surface area (Å²) in [6.07, 6.45) is 4.74. The van der Waals surface area contributed by atoms with Gasteiger partial charge in [-0.2, -0.15) is 0 Å². The predicted molar refractivity (Wildman–Crippen MR) is 83.3 cm³/mol. The maximum Gasteiger partial charge on any atom is 0.0916 e. The molecule has 0 heterocycles. The Morgan fingerprint density at radius 1 is 1.20 bits per heavy atom. The highest BCUT2D eigenvalue weighted by Gasteiger charge is 2.23. The molecule has 0 aliphatic heterocycles. The molecule has 1 aliphatic carbocycles. The van der Waals surface area contributed by atoms with Crippen molar-refractivity contribution in [3.05, 3.63) is 35.4 Å². The lowest BCUT2D eigenvalue weighted by Crippen LogP contribution is -2.37. The molecule has 112 valence electrons. The molecule has 20 heavy (non-hydrogen) atoms. The summed E-state index contributed by atoms with van der Waals surface area (Å²) < 4.78 is 0. The van der Waals surface area contributed by atoms with Gasteiger partial charge in [0.25, 0.3) is 0 Å². The van der Waals surface area contributed by atoms with Gasteiger partial charge in [-0.3, -0.25) is 0 Å². The van der Waals surface area contributed by atoms with Crippen molar-refractivity contribution >= 4 is 0 Å². The van der Waals surface area contributed by atoms with Gasteiger partial charge >= 0.3 is 0 Å². The Labute approximate surface area is 122 Å². The molecule has 3 N–H and O–H groups in total. The number of nitrogens with zero attached hydrogens (tertiary/aromatic N) is 1. The van der Waals surface area contributed by atoms with Gasteiger partial charge in [-0.25, -0.2) is 0 Å². The second-order valence-electron chi connectivity index (χ2n) is 6.31. The molecule has 0 saturated heterocycles. The lowest BCUT2D eigenvalue weighted by molar-refractivity contribution is 0.0857. The smallest absolute Gasteiger partial charge is 0.0916 e. The van der Waals surface area contributed by atoms with Gasteiger partial charge in [0.2, 0.25) is 0 Å². The Bertz CT molecular complexity index is 396. The molecule has 3 heteroatoms. The summed E-state index contributed by atoms with van der Waals surface area (Å²) in [6, 6.07) is 8.61. The monoisotopic (exact) mass is 276 g/mol. The number of rotatable bonds is 5. The second-order valence-corrected chi connectivity index (χ2v) is 6.31. The molecule has 1 aromatic rings. The SMILES string of the molecule is CC1CCC(N(C)CC(O)c2ccc(CN)cc2)CC1. The first-order valence-electron chi connectivity index (χ1n) is 7.77. The Hall–Kier alpha value is -0.900. The van der Waals surface area contributed by atoms with E-state index in [0.717, 1.165) is 17.0 Å². The van der Waals surface area contributed by atoms with Crippen LogP contribution in [0.2, 0.25) is 0 Å². The van der Waals surface area contributed by atoms with Crippen LogP contribution < -0.4 is 5.73 Å². The van der Waals surface area contributed by atoms with Crippen LogP contribution in [0.4, 0.5) is 0 Å². The van der Waals surface area contributed by atoms with Crippen molar-refractivity contribution in [1.82, 2.24) is 4.90 Å². The molecular weight excluding hydrogens is 248 g/mol. The zero-order valence-electron chi connectivity index (χ0n) is 12.8. The van der Waals surface area contributed by atoms with Gasteiger partial charge in [-0.05, 0) is 49.8 Å². The second kappa shape index (κ2) is 7.21. The maximum atomic E-state index is 10.4. The summed E-state index contributed by atoms with van der Waals surface area (Å²) in [5, 5.41) is 10.4. The number of likely N-dealkylation sites (N-methyl/N-ethyl adjacent to an activating group) is 1. The molecule has 1 fully saturated rings. The quantitative estimate of drug-likeness (QED) is 0.869. The Kier molecular flexibility index (Phi) is 5.58. The maximum absolute atomic E-state index is 10.4. The standard InChI is InChI=1S/C17H28N2O/c1-13-3-9-16(10-4-13)19(2)12-17(20)15-7-5-14(11-18)6-8-15/h5-8,13,16-17,20H,3-4,9-12,18H2,1-2H3. The first kappa shape index (κ1) is 15.5. The minimum atomic E-state index is -0.411. The van der Waals surface area contributed by atoms with Crippen molar-refractivity contribution in [3.63, 3.8) is 0 Å². The molecule has 0 bridgehead atoms. The van der Waals surface area contributed by atoms with Crippen molar-refractivity contribution in [2.75, 3.05) is 13.6 Å². The third-order valence-corrected chi connectivity index (χ3v) is 4.67. The average Bonchev–Trinajstić information content (AvgIpc) is 2.48. The molecular formula is C17H28N2O. The van der Waals surface area contributed by atoms with Crippen molar-refractivity contribution in [2.24, 2.45) is 11.7 Å². The van der Waals surface area contributed by atoms with E-state index in [1.54, 1.807) is 0 Å². The van der Waals surface area contributed by atoms with E-state index in [0.29, 0.717) is 19.1 Å². The van der Waals surface area contributed by atoms with Gasteiger partial charge in [-0.15, -0.1) is 0 Å². The number of hydrogen-bond donors (Lipinski definition) is 2. The molecule has 1 unspecified atom stereocenters. The molecule has 0 spiro atoms. The molecule has 2 rings (SSSR count). The van der Waals surface area contributed by atoms with Gasteiger partial charge < -0.3 is 15.7 Å². The minimum absolute atomic E-state index is 0.411. The molecule has 0 aromatic heterocycles. The fourth-order valence-electron chi connectivity index (χ4n) is 3.09. The number of aliphatic hydroxyl groups is 1. The summed E-state index contributed by atoms with van der Waals surface area (Å²) in [5.74, 6) is 0.869. The first-order chi connectivity index (χ1) is 9.60. The van der Waals surface area contributed by atoms with Gasteiger partial charge in [0.05, 0.1) is 6.10 Å². The van der Waals surface area contributed by atoms with E-state index in [1.807, 2.05) is 24.3 Å². The van der Waals surface area contributed by atoms with E-state index in [2.05, 4.69) is 18.9 Å². The minimum Gasteiger partial charge on any atom is -0.387 e. The molecule has 1 saturated carbocycles. The van der Waals surface area contributed by atoms with Gasteiger partial charge in [0.1, 0.15) is 0 Å². The normalized spacial score (nSPS) is 24.9. The molecule has 1 aliphatic rings. The molecule has 1 atom stereocenters. The van der Waals surface area contributed by atoms with Crippen LogP contribution in [0.15, 0.2) is 24.3 Å².